The molecule has 168 valence electrons. The van der Waals surface area contributed by atoms with Gasteiger partial charge in [-0.3, -0.25) is 9.69 Å². The summed E-state index contributed by atoms with van der Waals surface area (Å²) in [7, 11) is 1.63. The molecule has 1 atom stereocenters. The van der Waals surface area contributed by atoms with E-state index in [1.165, 1.54) is 6.42 Å². The van der Waals surface area contributed by atoms with Gasteiger partial charge in [-0.1, -0.05) is 49.6 Å². The van der Waals surface area contributed by atoms with Crippen LogP contribution >= 0.6 is 11.8 Å². The number of nitrogens with one attached hydrogen (secondary N) is 1. The third kappa shape index (κ3) is 3.52. The monoisotopic (exact) mass is 451 g/mol. The lowest BCUT2D eigenvalue weighted by Crippen LogP contribution is -2.55. The molecule has 2 aromatic rings. The van der Waals surface area contributed by atoms with E-state index in [0.717, 1.165) is 48.3 Å². The number of hydrogen-bond donors (Lipinski definition) is 1. The number of carbonyl (C=O) groups excluding carboxylic acids is 2. The van der Waals surface area contributed by atoms with Gasteiger partial charge in [0, 0.05) is 23.9 Å². The summed E-state index contributed by atoms with van der Waals surface area (Å²) in [6.07, 6.45) is 5.55. The summed E-state index contributed by atoms with van der Waals surface area (Å²) in [5.74, 6) is 1.36. The maximum atomic E-state index is 14.0. The zero-order valence-electron chi connectivity index (χ0n) is 18.4. The lowest BCUT2D eigenvalue weighted by atomic mass is 9.95. The van der Waals surface area contributed by atoms with Crippen molar-refractivity contribution in [2.45, 2.75) is 49.6 Å². The van der Waals surface area contributed by atoms with Crippen molar-refractivity contribution in [3.05, 3.63) is 59.7 Å². The molecule has 1 saturated heterocycles. The standard InChI is InChI=1S/C25H29N3O3S/c1-31-20-12-13-22-21(16-20)25(23(29)27(22)17-18-8-4-2-5-9-18)28(14-15-32-25)24(30)26-19-10-6-3-7-11-19/h2,4-5,8-9,12-13,16,19H,3,6-7,10-11,14-15,17H2,1H3,(H,26,30). The minimum Gasteiger partial charge on any atom is -0.497 e. The Morgan fingerprint density at radius 3 is 2.69 bits per heavy atom. The zero-order chi connectivity index (χ0) is 22.1. The Kier molecular flexibility index (Phi) is 5.76. The molecule has 3 amide bonds. The fourth-order valence-corrected chi connectivity index (χ4v) is 6.60. The molecule has 0 aromatic heterocycles. The second-order valence-electron chi connectivity index (χ2n) is 8.69. The number of rotatable bonds is 4. The Hall–Kier alpha value is -2.67. The van der Waals surface area contributed by atoms with Gasteiger partial charge in [0.05, 0.1) is 19.3 Å². The van der Waals surface area contributed by atoms with Crippen LogP contribution in [0.1, 0.15) is 43.2 Å². The van der Waals surface area contributed by atoms with Gasteiger partial charge >= 0.3 is 6.03 Å². The first kappa shape index (κ1) is 21.2. The van der Waals surface area contributed by atoms with E-state index < -0.39 is 4.87 Å². The molecule has 2 aromatic carbocycles. The summed E-state index contributed by atoms with van der Waals surface area (Å²) in [6.45, 7) is 1.02. The van der Waals surface area contributed by atoms with Crippen LogP contribution in [-0.4, -0.2) is 42.3 Å². The van der Waals surface area contributed by atoms with E-state index in [1.54, 1.807) is 23.8 Å². The van der Waals surface area contributed by atoms with Crippen LogP contribution in [0.15, 0.2) is 48.5 Å². The average Bonchev–Trinajstić information content (AvgIpc) is 3.37. The van der Waals surface area contributed by atoms with Gasteiger partial charge in [-0.25, -0.2) is 4.79 Å². The number of nitrogens with zero attached hydrogens (tertiary/aromatic N) is 2. The number of hydrogen-bond acceptors (Lipinski definition) is 4. The largest absolute Gasteiger partial charge is 0.497 e. The molecule has 32 heavy (non-hydrogen) atoms. The maximum absolute atomic E-state index is 14.0. The summed E-state index contributed by atoms with van der Waals surface area (Å²) in [5.41, 5.74) is 2.75. The Morgan fingerprint density at radius 1 is 1.16 bits per heavy atom. The van der Waals surface area contributed by atoms with E-state index >= 15 is 0 Å². The molecule has 1 unspecified atom stereocenters. The third-order valence-corrected chi connectivity index (χ3v) is 8.18. The van der Waals surface area contributed by atoms with Crippen molar-refractivity contribution < 1.29 is 14.3 Å². The van der Waals surface area contributed by atoms with E-state index in [4.69, 9.17) is 4.74 Å². The average molecular weight is 452 g/mol. The highest BCUT2D eigenvalue weighted by molar-refractivity contribution is 8.01. The summed E-state index contributed by atoms with van der Waals surface area (Å²) >= 11 is 1.55. The van der Waals surface area contributed by atoms with Gasteiger partial charge in [-0.2, -0.15) is 0 Å². The number of anilines is 1. The van der Waals surface area contributed by atoms with Crippen LogP contribution in [0.2, 0.25) is 0 Å². The summed E-state index contributed by atoms with van der Waals surface area (Å²) < 4.78 is 5.49. The van der Waals surface area contributed by atoms with Gasteiger partial charge < -0.3 is 15.0 Å². The first-order chi connectivity index (χ1) is 15.6. The number of benzene rings is 2. The van der Waals surface area contributed by atoms with Gasteiger partial charge in [0.25, 0.3) is 5.91 Å². The predicted molar refractivity (Wildman–Crippen MR) is 127 cm³/mol. The molecule has 7 heteroatoms. The minimum atomic E-state index is -1.04. The number of methoxy groups -OCH3 is 1. The summed E-state index contributed by atoms with van der Waals surface area (Å²) in [5, 5.41) is 3.23. The molecule has 2 fully saturated rings. The SMILES string of the molecule is COc1ccc2c(c1)C1(SCCN1C(=O)NC1CCCCC1)C(=O)N2Cc1ccccc1. The van der Waals surface area contributed by atoms with E-state index in [-0.39, 0.29) is 18.0 Å². The lowest BCUT2D eigenvalue weighted by Gasteiger charge is -2.35. The molecule has 2 heterocycles. The second-order valence-corrected chi connectivity index (χ2v) is 9.98. The van der Waals surface area contributed by atoms with Crippen molar-refractivity contribution >= 4 is 29.4 Å². The molecule has 1 aliphatic carbocycles. The van der Waals surface area contributed by atoms with Crippen molar-refractivity contribution in [2.24, 2.45) is 0 Å². The summed E-state index contributed by atoms with van der Waals surface area (Å²) in [4.78, 5) is 30.0. The second kappa shape index (κ2) is 8.70. The van der Waals surface area contributed by atoms with Crippen molar-refractivity contribution in [3.8, 4) is 5.75 Å². The van der Waals surface area contributed by atoms with E-state index in [9.17, 15) is 9.59 Å². The van der Waals surface area contributed by atoms with Gasteiger partial charge in [0.15, 0.2) is 4.87 Å². The lowest BCUT2D eigenvalue weighted by molar-refractivity contribution is -0.123. The number of fused-ring (bicyclic) bond motifs is 2. The highest BCUT2D eigenvalue weighted by atomic mass is 32.2. The molecular weight excluding hydrogens is 422 g/mol. The Morgan fingerprint density at radius 2 is 1.94 bits per heavy atom. The van der Waals surface area contributed by atoms with Crippen LogP contribution in [-0.2, 0) is 16.2 Å². The number of thioether (sulfide) groups is 1. The minimum absolute atomic E-state index is 0.0501. The number of carbonyl (C=O) groups is 2. The molecule has 1 saturated carbocycles. The first-order valence-corrected chi connectivity index (χ1v) is 12.4. The van der Waals surface area contributed by atoms with Crippen LogP contribution in [0.5, 0.6) is 5.75 Å². The molecule has 1 N–H and O–H groups in total. The molecule has 2 aliphatic heterocycles. The van der Waals surface area contributed by atoms with Crippen LogP contribution in [0, 0.1) is 0 Å². The highest BCUT2D eigenvalue weighted by Crippen LogP contribution is 2.55. The third-order valence-electron chi connectivity index (χ3n) is 6.76. The Labute approximate surface area is 193 Å². The van der Waals surface area contributed by atoms with E-state index in [1.807, 2.05) is 53.4 Å². The van der Waals surface area contributed by atoms with Crippen LogP contribution in [0.4, 0.5) is 10.5 Å². The van der Waals surface area contributed by atoms with Gasteiger partial charge in [-0.15, -0.1) is 11.8 Å². The fraction of sp³-hybridized carbons (Fsp3) is 0.440. The Bertz CT molecular complexity index is 1010. The number of amides is 3. The van der Waals surface area contributed by atoms with Gasteiger partial charge in [-0.05, 0) is 36.6 Å². The van der Waals surface area contributed by atoms with Gasteiger partial charge in [0.2, 0.25) is 0 Å². The van der Waals surface area contributed by atoms with Crippen LogP contribution < -0.4 is 15.0 Å². The number of urea groups is 1. The molecular formula is C25H29N3O3S. The van der Waals surface area contributed by atoms with E-state index in [2.05, 4.69) is 5.32 Å². The molecule has 0 bridgehead atoms. The quantitative estimate of drug-likeness (QED) is 0.744. The topological polar surface area (TPSA) is 61.9 Å². The van der Waals surface area contributed by atoms with Crippen LogP contribution in [0.25, 0.3) is 0 Å². The van der Waals surface area contributed by atoms with Crippen molar-refractivity contribution in [3.63, 3.8) is 0 Å². The molecule has 1 spiro atoms. The van der Waals surface area contributed by atoms with Crippen LogP contribution in [0.3, 0.4) is 0 Å². The van der Waals surface area contributed by atoms with Crippen molar-refractivity contribution in [1.82, 2.24) is 10.2 Å². The first-order valence-electron chi connectivity index (χ1n) is 11.4. The molecule has 3 aliphatic rings. The highest BCUT2D eigenvalue weighted by Gasteiger charge is 2.59. The fourth-order valence-electron chi connectivity index (χ4n) is 5.14. The smallest absolute Gasteiger partial charge is 0.319 e. The zero-order valence-corrected chi connectivity index (χ0v) is 19.2. The molecule has 6 nitrogen and oxygen atoms in total. The van der Waals surface area contributed by atoms with Crippen molar-refractivity contribution in [2.75, 3.05) is 24.3 Å². The van der Waals surface area contributed by atoms with Crippen molar-refractivity contribution in [1.29, 1.82) is 0 Å². The number of ether oxygens (including phenoxy) is 1. The molecule has 5 rings (SSSR count). The predicted octanol–water partition coefficient (Wildman–Crippen LogP) is 4.49. The van der Waals surface area contributed by atoms with Gasteiger partial charge in [0.1, 0.15) is 5.75 Å². The summed E-state index contributed by atoms with van der Waals surface area (Å²) in [6, 6.07) is 15.8. The normalized spacial score (nSPS) is 23.0. The molecule has 0 radical (unpaired) electrons. The Balaban J connectivity index is 1.51. The maximum Gasteiger partial charge on any atom is 0.319 e. The van der Waals surface area contributed by atoms with E-state index in [0.29, 0.717) is 18.8 Å².